The van der Waals surface area contributed by atoms with Crippen LogP contribution in [0.15, 0.2) is 0 Å². The molecule has 0 heterocycles. The van der Waals surface area contributed by atoms with Gasteiger partial charge in [-0.05, 0) is 52.0 Å². The van der Waals surface area contributed by atoms with Crippen LogP contribution < -0.4 is 5.32 Å². The molecule has 17 heavy (non-hydrogen) atoms. The summed E-state index contributed by atoms with van der Waals surface area (Å²) in [6.45, 7) is 15.1. The summed E-state index contributed by atoms with van der Waals surface area (Å²) in [5.74, 6) is 0.891. The van der Waals surface area contributed by atoms with Gasteiger partial charge in [-0.1, -0.05) is 20.3 Å². The monoisotopic (exact) mass is 240 g/mol. The second-order valence-corrected chi connectivity index (χ2v) is 7.52. The summed E-state index contributed by atoms with van der Waals surface area (Å²) < 4.78 is 0. The molecule has 0 spiro atoms. The summed E-state index contributed by atoms with van der Waals surface area (Å²) in [6.07, 6.45) is 4.25. The molecular formula is C15H32N2. The Morgan fingerprint density at radius 2 is 1.94 bits per heavy atom. The Labute approximate surface area is 108 Å². The van der Waals surface area contributed by atoms with Crippen LogP contribution in [-0.4, -0.2) is 37.1 Å². The topological polar surface area (TPSA) is 15.3 Å². The van der Waals surface area contributed by atoms with Gasteiger partial charge >= 0.3 is 0 Å². The average molecular weight is 240 g/mol. The molecule has 102 valence electrons. The molecule has 0 saturated heterocycles. The van der Waals surface area contributed by atoms with Crippen LogP contribution in [-0.2, 0) is 0 Å². The average Bonchev–Trinajstić information content (AvgIpc) is 2.43. The third kappa shape index (κ3) is 5.39. The Morgan fingerprint density at radius 3 is 2.41 bits per heavy atom. The minimum atomic E-state index is 0.244. The number of hydrogen-bond donors (Lipinski definition) is 1. The van der Waals surface area contributed by atoms with Crippen molar-refractivity contribution in [1.82, 2.24) is 10.2 Å². The van der Waals surface area contributed by atoms with Gasteiger partial charge in [-0.25, -0.2) is 0 Å². The number of nitrogens with zero attached hydrogens (tertiary/aromatic N) is 1. The third-order valence-corrected chi connectivity index (χ3v) is 4.16. The van der Waals surface area contributed by atoms with Gasteiger partial charge in [-0.15, -0.1) is 0 Å². The fourth-order valence-electron chi connectivity index (χ4n) is 2.83. The van der Waals surface area contributed by atoms with Crippen molar-refractivity contribution in [2.24, 2.45) is 11.3 Å². The SMILES string of the molecule is CN(CCNC(C)(C)C)CC1CCCC1(C)C. The summed E-state index contributed by atoms with van der Waals surface area (Å²) in [7, 11) is 2.26. The molecule has 0 amide bonds. The van der Waals surface area contributed by atoms with E-state index in [1.165, 1.54) is 25.8 Å². The maximum atomic E-state index is 3.56. The van der Waals surface area contributed by atoms with Crippen molar-refractivity contribution in [3.05, 3.63) is 0 Å². The van der Waals surface area contributed by atoms with Crippen LogP contribution in [0.3, 0.4) is 0 Å². The van der Waals surface area contributed by atoms with Crippen molar-refractivity contribution in [2.75, 3.05) is 26.7 Å². The number of rotatable bonds is 5. The Balaban J connectivity index is 2.23. The highest BCUT2D eigenvalue weighted by atomic mass is 15.1. The predicted molar refractivity (Wildman–Crippen MR) is 76.4 cm³/mol. The van der Waals surface area contributed by atoms with Crippen molar-refractivity contribution in [2.45, 2.75) is 59.4 Å². The first kappa shape index (κ1) is 15.0. The molecule has 1 unspecified atom stereocenters. The van der Waals surface area contributed by atoms with E-state index in [2.05, 4.69) is 51.9 Å². The van der Waals surface area contributed by atoms with Crippen LogP contribution in [0.5, 0.6) is 0 Å². The zero-order chi connectivity index (χ0) is 13.1. The van der Waals surface area contributed by atoms with Gasteiger partial charge in [-0.2, -0.15) is 0 Å². The first-order valence-electron chi connectivity index (χ1n) is 7.14. The lowest BCUT2D eigenvalue weighted by Crippen LogP contribution is -2.42. The maximum Gasteiger partial charge on any atom is 0.0104 e. The van der Waals surface area contributed by atoms with Crippen LogP contribution in [0.25, 0.3) is 0 Å². The zero-order valence-electron chi connectivity index (χ0n) is 12.8. The lowest BCUT2D eigenvalue weighted by atomic mass is 9.81. The summed E-state index contributed by atoms with van der Waals surface area (Å²) in [5, 5.41) is 3.56. The molecule has 1 N–H and O–H groups in total. The van der Waals surface area contributed by atoms with Crippen LogP contribution in [0.2, 0.25) is 0 Å². The van der Waals surface area contributed by atoms with Gasteiger partial charge in [0.15, 0.2) is 0 Å². The molecule has 0 aromatic carbocycles. The van der Waals surface area contributed by atoms with E-state index in [0.717, 1.165) is 19.0 Å². The van der Waals surface area contributed by atoms with E-state index >= 15 is 0 Å². The molecule has 1 atom stereocenters. The molecule has 1 rings (SSSR count). The second-order valence-electron chi connectivity index (χ2n) is 7.52. The van der Waals surface area contributed by atoms with Crippen LogP contribution >= 0.6 is 0 Å². The van der Waals surface area contributed by atoms with Crippen LogP contribution in [0.1, 0.15) is 53.9 Å². The van der Waals surface area contributed by atoms with E-state index in [4.69, 9.17) is 0 Å². The van der Waals surface area contributed by atoms with E-state index in [9.17, 15) is 0 Å². The molecule has 1 aliphatic rings. The summed E-state index contributed by atoms with van der Waals surface area (Å²) in [5.41, 5.74) is 0.805. The quantitative estimate of drug-likeness (QED) is 0.794. The van der Waals surface area contributed by atoms with E-state index < -0.39 is 0 Å². The Bertz CT molecular complexity index is 228. The van der Waals surface area contributed by atoms with E-state index in [1.807, 2.05) is 0 Å². The highest BCUT2D eigenvalue weighted by Gasteiger charge is 2.34. The van der Waals surface area contributed by atoms with E-state index in [-0.39, 0.29) is 5.54 Å². The standard InChI is InChI=1S/C15H32N2/c1-14(2,3)16-10-11-17(6)12-13-8-7-9-15(13,4)5/h13,16H,7-12H2,1-6H3. The highest BCUT2D eigenvalue weighted by Crippen LogP contribution is 2.42. The second kappa shape index (κ2) is 5.71. The number of likely N-dealkylation sites (N-methyl/N-ethyl adjacent to an activating group) is 1. The fourth-order valence-corrected chi connectivity index (χ4v) is 2.83. The maximum absolute atomic E-state index is 3.56. The fraction of sp³-hybridized carbons (Fsp3) is 1.00. The van der Waals surface area contributed by atoms with Crippen molar-refractivity contribution in [3.8, 4) is 0 Å². The lowest BCUT2D eigenvalue weighted by Gasteiger charge is -2.31. The minimum Gasteiger partial charge on any atom is -0.311 e. The molecule has 1 saturated carbocycles. The van der Waals surface area contributed by atoms with Gasteiger partial charge in [0, 0.05) is 25.2 Å². The van der Waals surface area contributed by atoms with Gasteiger partial charge in [0.05, 0.1) is 0 Å². The van der Waals surface area contributed by atoms with Gasteiger partial charge < -0.3 is 10.2 Å². The van der Waals surface area contributed by atoms with Crippen LogP contribution in [0.4, 0.5) is 0 Å². The van der Waals surface area contributed by atoms with Gasteiger partial charge in [0.2, 0.25) is 0 Å². The molecule has 0 bridgehead atoms. The summed E-state index contributed by atoms with van der Waals surface area (Å²) in [6, 6.07) is 0. The van der Waals surface area contributed by atoms with Crippen molar-refractivity contribution in [3.63, 3.8) is 0 Å². The van der Waals surface area contributed by atoms with Gasteiger partial charge in [-0.3, -0.25) is 0 Å². The molecule has 0 radical (unpaired) electrons. The summed E-state index contributed by atoms with van der Waals surface area (Å²) in [4.78, 5) is 2.50. The van der Waals surface area contributed by atoms with Crippen molar-refractivity contribution >= 4 is 0 Å². The van der Waals surface area contributed by atoms with E-state index in [0.29, 0.717) is 5.41 Å². The highest BCUT2D eigenvalue weighted by molar-refractivity contribution is 4.86. The zero-order valence-corrected chi connectivity index (χ0v) is 12.8. The normalized spacial score (nSPS) is 24.5. The molecule has 0 aromatic rings. The van der Waals surface area contributed by atoms with E-state index in [1.54, 1.807) is 0 Å². The van der Waals surface area contributed by atoms with Crippen molar-refractivity contribution in [1.29, 1.82) is 0 Å². The minimum absolute atomic E-state index is 0.244. The number of nitrogens with one attached hydrogen (secondary N) is 1. The summed E-state index contributed by atoms with van der Waals surface area (Å²) >= 11 is 0. The van der Waals surface area contributed by atoms with Gasteiger partial charge in [0.25, 0.3) is 0 Å². The molecule has 1 aliphatic carbocycles. The molecule has 0 aromatic heterocycles. The Kier molecular flexibility index (Phi) is 5.03. The smallest absolute Gasteiger partial charge is 0.0104 e. The van der Waals surface area contributed by atoms with Crippen LogP contribution in [0, 0.1) is 11.3 Å². The molecular weight excluding hydrogens is 208 g/mol. The Hall–Kier alpha value is -0.0800. The largest absolute Gasteiger partial charge is 0.311 e. The first-order valence-corrected chi connectivity index (χ1v) is 7.14. The molecule has 2 heteroatoms. The number of hydrogen-bond acceptors (Lipinski definition) is 2. The lowest BCUT2D eigenvalue weighted by molar-refractivity contribution is 0.181. The molecule has 0 aliphatic heterocycles. The first-order chi connectivity index (χ1) is 7.71. The predicted octanol–water partition coefficient (Wildman–Crippen LogP) is 3.13. The van der Waals surface area contributed by atoms with Crippen molar-refractivity contribution < 1.29 is 0 Å². The molecule has 1 fully saturated rings. The Morgan fingerprint density at radius 1 is 1.29 bits per heavy atom. The van der Waals surface area contributed by atoms with Gasteiger partial charge in [0.1, 0.15) is 0 Å². The third-order valence-electron chi connectivity index (χ3n) is 4.16. The molecule has 2 nitrogen and oxygen atoms in total.